The molecule has 0 aliphatic carbocycles. The molecule has 1 aromatic carbocycles. The fourth-order valence-electron chi connectivity index (χ4n) is 1.58. The molecule has 1 N–H and O–H groups in total. The maximum Gasteiger partial charge on any atom is 0.221 e. The molecule has 0 aliphatic rings. The Morgan fingerprint density at radius 1 is 1.37 bits per heavy atom. The van der Waals surface area contributed by atoms with Crippen molar-refractivity contribution in [3.63, 3.8) is 0 Å². The van der Waals surface area contributed by atoms with Gasteiger partial charge in [-0.2, -0.15) is 5.26 Å². The summed E-state index contributed by atoms with van der Waals surface area (Å²) in [5.74, 6) is 1.11. The van der Waals surface area contributed by atoms with E-state index in [0.29, 0.717) is 28.0 Å². The predicted molar refractivity (Wildman–Crippen MR) is 72.8 cm³/mol. The molecule has 0 atom stereocenters. The molecule has 1 aromatic heterocycles. The number of nitrogens with one attached hydrogen (secondary N) is 1. The van der Waals surface area contributed by atoms with Crippen LogP contribution in [0.2, 0.25) is 5.02 Å². The third-order valence-electron chi connectivity index (χ3n) is 2.58. The average molecular weight is 275 g/mol. The molecule has 19 heavy (non-hydrogen) atoms. The number of rotatable bonds is 3. The fourth-order valence-corrected chi connectivity index (χ4v) is 1.81. The van der Waals surface area contributed by atoms with Crippen LogP contribution in [0.1, 0.15) is 11.1 Å². The number of nitriles is 1. The van der Waals surface area contributed by atoms with Gasteiger partial charge in [-0.15, -0.1) is 0 Å². The Morgan fingerprint density at radius 2 is 2.16 bits per heavy atom. The van der Waals surface area contributed by atoms with Crippen molar-refractivity contribution in [2.45, 2.75) is 6.92 Å². The predicted octanol–water partition coefficient (Wildman–Crippen LogP) is 3.06. The van der Waals surface area contributed by atoms with E-state index in [0.717, 1.165) is 5.56 Å². The number of ether oxygens (including phenoxy) is 1. The molecule has 0 aliphatic heterocycles. The van der Waals surface area contributed by atoms with Crippen molar-refractivity contribution in [2.75, 3.05) is 12.4 Å². The smallest absolute Gasteiger partial charge is 0.221 e. The number of hydrogen-bond donors (Lipinski definition) is 1. The first-order valence-corrected chi connectivity index (χ1v) is 5.85. The zero-order valence-electron chi connectivity index (χ0n) is 10.4. The third kappa shape index (κ3) is 2.75. The number of aromatic nitrogens is 2. The minimum Gasteiger partial charge on any atom is -0.481 e. The summed E-state index contributed by atoms with van der Waals surface area (Å²) in [6.45, 7) is 1.85. The molecular formula is C13H11ClN4O. The minimum atomic E-state index is 0.455. The normalized spacial score (nSPS) is 9.79. The summed E-state index contributed by atoms with van der Waals surface area (Å²) >= 11 is 6.10. The molecule has 0 saturated carbocycles. The Labute approximate surface area is 115 Å². The van der Waals surface area contributed by atoms with E-state index < -0.39 is 0 Å². The van der Waals surface area contributed by atoms with Crippen molar-refractivity contribution in [1.82, 2.24) is 9.97 Å². The molecule has 1 heterocycles. The number of benzene rings is 1. The van der Waals surface area contributed by atoms with Crippen molar-refractivity contribution in [3.05, 3.63) is 40.7 Å². The Morgan fingerprint density at radius 3 is 2.79 bits per heavy atom. The summed E-state index contributed by atoms with van der Waals surface area (Å²) in [4.78, 5) is 8.14. The molecule has 6 heteroatoms. The van der Waals surface area contributed by atoms with Crippen molar-refractivity contribution in [2.24, 2.45) is 0 Å². The number of halogens is 1. The number of nitrogens with zero attached hydrogens (tertiary/aromatic N) is 3. The van der Waals surface area contributed by atoms with E-state index in [2.05, 4.69) is 15.3 Å². The second kappa shape index (κ2) is 5.55. The van der Waals surface area contributed by atoms with Gasteiger partial charge in [0.15, 0.2) is 0 Å². The highest BCUT2D eigenvalue weighted by Gasteiger charge is 2.09. The van der Waals surface area contributed by atoms with Crippen LogP contribution in [-0.2, 0) is 0 Å². The van der Waals surface area contributed by atoms with Crippen LogP contribution in [0.3, 0.4) is 0 Å². The zero-order valence-corrected chi connectivity index (χ0v) is 11.2. The Kier molecular flexibility index (Phi) is 3.83. The second-order valence-corrected chi connectivity index (χ2v) is 4.20. The molecule has 0 spiro atoms. The van der Waals surface area contributed by atoms with E-state index in [1.54, 1.807) is 25.3 Å². The molecule has 0 radical (unpaired) electrons. The van der Waals surface area contributed by atoms with Gasteiger partial charge in [-0.3, -0.25) is 0 Å². The molecule has 0 saturated heterocycles. The first kappa shape index (κ1) is 13.1. The zero-order chi connectivity index (χ0) is 13.8. The maximum absolute atomic E-state index is 8.79. The van der Waals surface area contributed by atoms with Crippen molar-refractivity contribution in [1.29, 1.82) is 5.26 Å². The lowest BCUT2D eigenvalue weighted by Crippen LogP contribution is -2.01. The molecule has 5 nitrogen and oxygen atoms in total. The van der Waals surface area contributed by atoms with Crippen molar-refractivity contribution >= 4 is 23.1 Å². The first-order chi connectivity index (χ1) is 9.15. The molecule has 0 bridgehead atoms. The fraction of sp³-hybridized carbons (Fsp3) is 0.154. The quantitative estimate of drug-likeness (QED) is 0.931. The lowest BCUT2D eigenvalue weighted by Gasteiger charge is -2.11. The number of anilines is 2. The van der Waals surface area contributed by atoms with Crippen LogP contribution >= 0.6 is 11.6 Å². The molecule has 0 fully saturated rings. The minimum absolute atomic E-state index is 0.455. The summed E-state index contributed by atoms with van der Waals surface area (Å²) in [5, 5.41) is 12.3. The molecule has 2 aromatic rings. The van der Waals surface area contributed by atoms with Gasteiger partial charge in [0.25, 0.3) is 0 Å². The van der Waals surface area contributed by atoms with Gasteiger partial charge in [0.1, 0.15) is 12.1 Å². The molecule has 0 unspecified atom stereocenters. The van der Waals surface area contributed by atoms with Crippen LogP contribution in [0.4, 0.5) is 11.5 Å². The van der Waals surface area contributed by atoms with Gasteiger partial charge in [-0.1, -0.05) is 11.6 Å². The van der Waals surface area contributed by atoms with E-state index in [4.69, 9.17) is 21.6 Å². The van der Waals surface area contributed by atoms with Crippen LogP contribution in [0.15, 0.2) is 24.5 Å². The van der Waals surface area contributed by atoms with Gasteiger partial charge in [-0.05, 0) is 25.1 Å². The van der Waals surface area contributed by atoms with Crippen LogP contribution in [0, 0.1) is 18.3 Å². The summed E-state index contributed by atoms with van der Waals surface area (Å²) in [5.41, 5.74) is 1.96. The average Bonchev–Trinajstić information content (AvgIpc) is 2.43. The van der Waals surface area contributed by atoms with Crippen LogP contribution in [0.5, 0.6) is 5.88 Å². The Bertz CT molecular complexity index is 652. The van der Waals surface area contributed by atoms with Gasteiger partial charge >= 0.3 is 0 Å². The van der Waals surface area contributed by atoms with Crippen LogP contribution < -0.4 is 10.1 Å². The monoisotopic (exact) mass is 274 g/mol. The van der Waals surface area contributed by atoms with E-state index in [9.17, 15) is 0 Å². The van der Waals surface area contributed by atoms with E-state index >= 15 is 0 Å². The van der Waals surface area contributed by atoms with Crippen molar-refractivity contribution in [3.8, 4) is 11.9 Å². The van der Waals surface area contributed by atoms with Crippen LogP contribution in [0.25, 0.3) is 0 Å². The lowest BCUT2D eigenvalue weighted by atomic mass is 10.2. The van der Waals surface area contributed by atoms with E-state index in [-0.39, 0.29) is 0 Å². The van der Waals surface area contributed by atoms with E-state index in [1.165, 1.54) is 6.33 Å². The van der Waals surface area contributed by atoms with Gasteiger partial charge in [0.05, 0.1) is 35.0 Å². The van der Waals surface area contributed by atoms with Crippen LogP contribution in [-0.4, -0.2) is 17.1 Å². The van der Waals surface area contributed by atoms with Gasteiger partial charge in [0, 0.05) is 0 Å². The summed E-state index contributed by atoms with van der Waals surface area (Å²) in [6.07, 6.45) is 1.41. The second-order valence-electron chi connectivity index (χ2n) is 3.79. The molecule has 2 rings (SSSR count). The third-order valence-corrected chi connectivity index (χ3v) is 2.90. The highest BCUT2D eigenvalue weighted by atomic mass is 35.5. The standard InChI is InChI=1S/C13H11ClN4O/c1-8-12(16-7-17-13(8)19-2)18-11-4-3-9(6-15)5-10(11)14/h3-5,7H,1-2H3,(H,16,17,18). The SMILES string of the molecule is COc1ncnc(Nc2ccc(C#N)cc2Cl)c1C. The molecular weight excluding hydrogens is 264 g/mol. The van der Waals surface area contributed by atoms with Gasteiger partial charge < -0.3 is 10.1 Å². The van der Waals surface area contributed by atoms with E-state index in [1.807, 2.05) is 13.0 Å². The Balaban J connectivity index is 2.34. The number of hydrogen-bond acceptors (Lipinski definition) is 5. The largest absolute Gasteiger partial charge is 0.481 e. The first-order valence-electron chi connectivity index (χ1n) is 5.48. The summed E-state index contributed by atoms with van der Waals surface area (Å²) in [6, 6.07) is 7.04. The lowest BCUT2D eigenvalue weighted by molar-refractivity contribution is 0.394. The highest BCUT2D eigenvalue weighted by Crippen LogP contribution is 2.28. The van der Waals surface area contributed by atoms with Gasteiger partial charge in [0.2, 0.25) is 5.88 Å². The Hall–Kier alpha value is -2.32. The summed E-state index contributed by atoms with van der Waals surface area (Å²) < 4.78 is 5.12. The summed E-state index contributed by atoms with van der Waals surface area (Å²) in [7, 11) is 1.55. The topological polar surface area (TPSA) is 70.8 Å². The highest BCUT2D eigenvalue weighted by molar-refractivity contribution is 6.33. The van der Waals surface area contributed by atoms with Gasteiger partial charge in [-0.25, -0.2) is 9.97 Å². The molecule has 0 amide bonds. The molecule has 96 valence electrons. The van der Waals surface area contributed by atoms with Crippen molar-refractivity contribution < 1.29 is 4.74 Å². The number of methoxy groups -OCH3 is 1. The maximum atomic E-state index is 8.79.